The van der Waals surface area contributed by atoms with Crippen LogP contribution in [0.5, 0.6) is 17.2 Å². The Bertz CT molecular complexity index is 2190. The quantitative estimate of drug-likeness (QED) is 0.0951. The van der Waals surface area contributed by atoms with Crippen LogP contribution in [0.25, 0.3) is 6.08 Å². The lowest BCUT2D eigenvalue weighted by molar-refractivity contribution is -0.207. The van der Waals surface area contributed by atoms with Crippen LogP contribution in [-0.4, -0.2) is 93.2 Å². The molecule has 7 aliphatic rings. The minimum Gasteiger partial charge on any atom is -0.491 e. The first-order valence-corrected chi connectivity index (χ1v) is 20.6. The van der Waals surface area contributed by atoms with Crippen molar-refractivity contribution in [2.75, 3.05) is 33.4 Å². The first-order chi connectivity index (χ1) is 27.6. The summed E-state index contributed by atoms with van der Waals surface area (Å²) in [5.41, 5.74) is 1.66. The van der Waals surface area contributed by atoms with Crippen LogP contribution < -0.4 is 19.5 Å². The minimum absolute atomic E-state index is 0.0117. The molecule has 4 aliphatic heterocycles. The zero-order valence-corrected chi connectivity index (χ0v) is 35.2. The van der Waals surface area contributed by atoms with Crippen molar-refractivity contribution < 1.29 is 38.4 Å². The Labute approximate surface area is 340 Å². The van der Waals surface area contributed by atoms with Crippen molar-refractivity contribution >= 4 is 29.5 Å². The van der Waals surface area contributed by atoms with E-state index in [-0.39, 0.29) is 24.7 Å². The molecule has 1 aromatic heterocycles. The Balaban J connectivity index is 1.42. The van der Waals surface area contributed by atoms with Gasteiger partial charge in [-0.2, -0.15) is 10.1 Å². The van der Waals surface area contributed by atoms with Gasteiger partial charge in [0.25, 0.3) is 0 Å². The summed E-state index contributed by atoms with van der Waals surface area (Å²) in [6.07, 6.45) is 14.6. The highest BCUT2D eigenvalue weighted by Gasteiger charge is 2.86. The molecule has 1 saturated heterocycles. The van der Waals surface area contributed by atoms with Gasteiger partial charge in [-0.05, 0) is 93.2 Å². The molecule has 1 aromatic carbocycles. The highest BCUT2D eigenvalue weighted by molar-refractivity contribution is 6.14. The number of aliphatic imine (C=N–C) groups is 1. The monoisotopic (exact) mass is 795 g/mol. The second kappa shape index (κ2) is 14.6. The van der Waals surface area contributed by atoms with Crippen LogP contribution in [0.4, 0.5) is 5.95 Å². The van der Waals surface area contributed by atoms with Gasteiger partial charge in [-0.15, -0.1) is 0 Å². The van der Waals surface area contributed by atoms with Crippen LogP contribution in [0.3, 0.4) is 0 Å². The Morgan fingerprint density at radius 3 is 2.57 bits per heavy atom. The number of rotatable bonds is 14. The number of ether oxygens (including phenoxy) is 5. The summed E-state index contributed by atoms with van der Waals surface area (Å²) in [6.45, 7) is 17.5. The number of allylic oxidation sites excluding steroid dienone is 4. The molecule has 58 heavy (non-hydrogen) atoms. The van der Waals surface area contributed by atoms with Crippen molar-refractivity contribution in [1.29, 1.82) is 0 Å². The molecule has 2 N–H and O–H groups in total. The molecule has 1 spiro atoms. The SMILES string of the molecule is COC(=O)C(C)=CCC12OC(C)(C)C3CC(C1=O)C1C4C(=Nc5ncnn51)c1c(OCCNCCO)c5c(c(CC=C(C)C)c1OC432)OC(C)(CCC=C(C)C)C=C5. The van der Waals surface area contributed by atoms with Gasteiger partial charge in [-0.1, -0.05) is 29.4 Å². The van der Waals surface area contributed by atoms with Crippen molar-refractivity contribution in [3.8, 4) is 17.2 Å². The van der Waals surface area contributed by atoms with Gasteiger partial charge in [0.1, 0.15) is 35.8 Å². The summed E-state index contributed by atoms with van der Waals surface area (Å²) in [5, 5.41) is 17.4. The molecule has 0 amide bonds. The fraction of sp³-hybridized carbons (Fsp3) is 0.578. The van der Waals surface area contributed by atoms with Crippen LogP contribution in [0, 0.1) is 17.8 Å². The molecule has 3 aliphatic carbocycles. The maximum absolute atomic E-state index is 15.4. The third-order valence-electron chi connectivity index (χ3n) is 13.1. The number of esters is 1. The topological polar surface area (TPSA) is 156 Å². The fourth-order valence-electron chi connectivity index (χ4n) is 10.6. The molecule has 3 saturated carbocycles. The van der Waals surface area contributed by atoms with Gasteiger partial charge < -0.3 is 34.1 Å². The summed E-state index contributed by atoms with van der Waals surface area (Å²) >= 11 is 0. The maximum Gasteiger partial charge on any atom is 0.333 e. The Morgan fingerprint density at radius 1 is 1.07 bits per heavy atom. The van der Waals surface area contributed by atoms with E-state index in [1.165, 1.54) is 19.0 Å². The molecule has 9 rings (SSSR count). The van der Waals surface area contributed by atoms with E-state index in [1.807, 2.05) is 13.8 Å². The predicted octanol–water partition coefficient (Wildman–Crippen LogP) is 6.36. The average Bonchev–Trinajstić information content (AvgIpc) is 3.70. The third kappa shape index (κ3) is 6.01. The smallest absolute Gasteiger partial charge is 0.333 e. The second-order valence-corrected chi connectivity index (χ2v) is 17.9. The van der Waals surface area contributed by atoms with E-state index in [0.29, 0.717) is 66.9 Å². The number of carbonyl (C=O) groups is 2. The third-order valence-corrected chi connectivity index (χ3v) is 13.1. The number of aromatic nitrogens is 3. The maximum atomic E-state index is 15.4. The minimum atomic E-state index is -1.48. The van der Waals surface area contributed by atoms with Gasteiger partial charge in [-0.25, -0.2) is 14.5 Å². The van der Waals surface area contributed by atoms with Crippen LogP contribution in [0.2, 0.25) is 0 Å². The van der Waals surface area contributed by atoms with Gasteiger partial charge in [0.15, 0.2) is 17.0 Å². The van der Waals surface area contributed by atoms with Crippen molar-refractivity contribution in [2.24, 2.45) is 22.7 Å². The number of nitrogens with one attached hydrogen (secondary N) is 1. The molecule has 5 heterocycles. The Morgan fingerprint density at radius 2 is 1.84 bits per heavy atom. The molecule has 13 heteroatoms. The second-order valence-electron chi connectivity index (χ2n) is 17.9. The lowest BCUT2D eigenvalue weighted by atomic mass is 9.44. The van der Waals surface area contributed by atoms with E-state index < -0.39 is 46.3 Å². The lowest BCUT2D eigenvalue weighted by Crippen LogP contribution is -2.79. The van der Waals surface area contributed by atoms with Crippen LogP contribution in [0.15, 0.2) is 52.3 Å². The molecule has 2 aromatic rings. The summed E-state index contributed by atoms with van der Waals surface area (Å²) in [6, 6.07) is -0.445. The number of carbonyl (C=O) groups excluding carboxylic acids is 2. The van der Waals surface area contributed by atoms with Crippen molar-refractivity contribution in [1.82, 2.24) is 20.1 Å². The number of benzene rings is 1. The Hall–Kier alpha value is -4.59. The number of aliphatic hydroxyl groups is 1. The summed E-state index contributed by atoms with van der Waals surface area (Å²) < 4.78 is 35.9. The predicted molar refractivity (Wildman–Crippen MR) is 219 cm³/mol. The number of hydrogen-bond donors (Lipinski definition) is 2. The number of aliphatic hydroxyl groups excluding tert-OH is 1. The highest BCUT2D eigenvalue weighted by atomic mass is 16.6. The molecular weight excluding hydrogens is 739 g/mol. The molecule has 7 unspecified atom stereocenters. The standard InChI is InChI=1S/C45H57N5O8/c1-25(2)11-10-16-43(8)17-15-29-36(56-43)28(13-12-26(3)4)38-32(37(29)55-22-20-46-19-21-51)34-33-35(50-41(49-34)47-24-48-50)30-23-31-42(6,7)58-44(39(30)52,45(31,33)57-38)18-14-27(5)40(53)54-9/h11-12,14-15,17,24,30-31,33,35,46,51H,10,13,16,18-23H2,1-9H3. The lowest BCUT2D eigenvalue weighted by Gasteiger charge is -2.64. The van der Waals surface area contributed by atoms with Crippen LogP contribution in [-0.2, 0) is 25.5 Å². The number of methoxy groups -OCH3 is 1. The fourth-order valence-corrected chi connectivity index (χ4v) is 10.6. The molecule has 310 valence electrons. The van der Waals surface area contributed by atoms with Crippen LogP contribution in [0.1, 0.15) is 104 Å². The molecule has 4 fully saturated rings. The van der Waals surface area contributed by atoms with Crippen molar-refractivity contribution in [3.63, 3.8) is 0 Å². The molecule has 13 nitrogen and oxygen atoms in total. The number of hydrogen-bond acceptors (Lipinski definition) is 12. The normalized spacial score (nSPS) is 30.2. The first kappa shape index (κ1) is 40.2. The number of Topliss-reactive ketones (excluding diaryl/α,β-unsaturated/α-hetero) is 1. The van der Waals surface area contributed by atoms with Gasteiger partial charge in [0.05, 0.1) is 48.1 Å². The highest BCUT2D eigenvalue weighted by Crippen LogP contribution is 2.73. The average molecular weight is 796 g/mol. The van der Waals surface area contributed by atoms with Crippen molar-refractivity contribution in [3.05, 3.63) is 64.0 Å². The van der Waals surface area contributed by atoms with E-state index in [2.05, 4.69) is 74.3 Å². The van der Waals surface area contributed by atoms with Crippen molar-refractivity contribution in [2.45, 2.75) is 116 Å². The molecule has 4 bridgehead atoms. The van der Waals surface area contributed by atoms with Gasteiger partial charge in [0, 0.05) is 42.5 Å². The van der Waals surface area contributed by atoms with E-state index >= 15 is 4.79 Å². The number of fused-ring (bicyclic) bond motifs is 4. The van der Waals surface area contributed by atoms with Crippen LogP contribution >= 0.6 is 0 Å². The van der Waals surface area contributed by atoms with Gasteiger partial charge in [0.2, 0.25) is 5.95 Å². The summed E-state index contributed by atoms with van der Waals surface area (Å²) in [5.74, 6) is 0.455. The zero-order chi connectivity index (χ0) is 41.4. The molecule has 7 atom stereocenters. The molecular formula is C45H57N5O8. The Kier molecular flexibility index (Phi) is 10.1. The first-order valence-electron chi connectivity index (χ1n) is 20.6. The van der Waals surface area contributed by atoms with E-state index in [9.17, 15) is 9.90 Å². The zero-order valence-electron chi connectivity index (χ0n) is 35.2. The largest absolute Gasteiger partial charge is 0.491 e. The number of ketones is 1. The number of nitrogens with zero attached hydrogens (tertiary/aromatic N) is 4. The van der Waals surface area contributed by atoms with E-state index in [4.69, 9.17) is 28.7 Å². The van der Waals surface area contributed by atoms with Gasteiger partial charge in [-0.3, -0.25) is 4.79 Å². The summed E-state index contributed by atoms with van der Waals surface area (Å²) in [4.78, 5) is 38.1. The van der Waals surface area contributed by atoms with Gasteiger partial charge >= 0.3 is 5.97 Å². The van der Waals surface area contributed by atoms with E-state index in [1.54, 1.807) is 17.7 Å². The van der Waals surface area contributed by atoms with E-state index in [0.717, 1.165) is 35.3 Å². The summed E-state index contributed by atoms with van der Waals surface area (Å²) in [7, 11) is 1.35. The molecule has 0 radical (unpaired) electrons.